The Morgan fingerprint density at radius 1 is 1.35 bits per heavy atom. The predicted molar refractivity (Wildman–Crippen MR) is 81.4 cm³/mol. The summed E-state index contributed by atoms with van der Waals surface area (Å²) in [5, 5.41) is 4.25. The highest BCUT2D eigenvalue weighted by molar-refractivity contribution is 8.04. The van der Waals surface area contributed by atoms with Crippen molar-refractivity contribution in [2.24, 2.45) is 10.9 Å². The molecule has 1 aromatic rings. The summed E-state index contributed by atoms with van der Waals surface area (Å²) in [5.41, 5.74) is 1.96. The van der Waals surface area contributed by atoms with Crippen LogP contribution in [0.3, 0.4) is 0 Å². The van der Waals surface area contributed by atoms with Gasteiger partial charge in [-0.2, -0.15) is 0 Å². The molecule has 3 heterocycles. The zero-order chi connectivity index (χ0) is 13.5. The number of amidine groups is 1. The number of rotatable bonds is 1. The second-order valence-corrected chi connectivity index (χ2v) is 6.57. The number of halogens is 1. The van der Waals surface area contributed by atoms with Crippen molar-refractivity contribution < 1.29 is 0 Å². The van der Waals surface area contributed by atoms with Crippen molar-refractivity contribution in [3.63, 3.8) is 0 Å². The van der Waals surface area contributed by atoms with Crippen molar-refractivity contribution in [2.75, 3.05) is 0 Å². The van der Waals surface area contributed by atoms with Gasteiger partial charge < -0.3 is 5.32 Å². The largest absolute Gasteiger partial charge is 0.352 e. The van der Waals surface area contributed by atoms with E-state index in [9.17, 15) is 0 Å². The van der Waals surface area contributed by atoms with Gasteiger partial charge in [0.05, 0.1) is 6.20 Å². The molecule has 0 amide bonds. The Kier molecular flexibility index (Phi) is 3.04. The summed E-state index contributed by atoms with van der Waals surface area (Å²) in [5.74, 6) is 1.18. The molecule has 2 atom stereocenters. The standard InChI is InChI=1S/C14H13ClN4S/c15-12-11-8-3-1-2-4-10(8)20-14(11)19-13(18-12)9-7-16-5-6-17-9/h4-8,14H,1-3H2,(H,18,19). The molecule has 3 aliphatic rings. The van der Waals surface area contributed by atoms with Gasteiger partial charge in [-0.15, -0.1) is 11.8 Å². The van der Waals surface area contributed by atoms with Crippen LogP contribution in [0.15, 0.2) is 45.3 Å². The van der Waals surface area contributed by atoms with E-state index < -0.39 is 0 Å². The molecule has 1 fully saturated rings. The van der Waals surface area contributed by atoms with Crippen LogP contribution in [-0.4, -0.2) is 21.2 Å². The van der Waals surface area contributed by atoms with Crippen LogP contribution in [0.1, 0.15) is 25.0 Å². The number of aromatic nitrogens is 2. The quantitative estimate of drug-likeness (QED) is 0.810. The molecule has 0 spiro atoms. The minimum absolute atomic E-state index is 0.186. The summed E-state index contributed by atoms with van der Waals surface area (Å²) >= 11 is 8.30. The van der Waals surface area contributed by atoms with E-state index >= 15 is 0 Å². The van der Waals surface area contributed by atoms with E-state index in [0.717, 1.165) is 5.69 Å². The van der Waals surface area contributed by atoms with Crippen molar-refractivity contribution in [3.8, 4) is 0 Å². The van der Waals surface area contributed by atoms with Crippen molar-refractivity contribution in [1.82, 2.24) is 15.3 Å². The lowest BCUT2D eigenvalue weighted by atomic mass is 9.89. The first-order chi connectivity index (χ1) is 9.83. The molecule has 1 saturated heterocycles. The lowest BCUT2D eigenvalue weighted by Crippen LogP contribution is -2.37. The van der Waals surface area contributed by atoms with Gasteiger partial charge in [0.25, 0.3) is 0 Å². The molecule has 0 aromatic carbocycles. The Balaban J connectivity index is 1.73. The molecule has 1 aromatic heterocycles. The average molecular weight is 305 g/mol. The number of fused-ring (bicyclic) bond motifs is 3. The molecule has 1 aliphatic carbocycles. The topological polar surface area (TPSA) is 50.2 Å². The number of hydrogen-bond acceptors (Lipinski definition) is 5. The monoisotopic (exact) mass is 304 g/mol. The number of nitrogens with zero attached hydrogens (tertiary/aromatic N) is 3. The molecule has 2 aliphatic heterocycles. The summed E-state index contributed by atoms with van der Waals surface area (Å²) in [6.45, 7) is 0. The van der Waals surface area contributed by atoms with Gasteiger partial charge in [-0.1, -0.05) is 17.7 Å². The van der Waals surface area contributed by atoms with E-state index in [2.05, 4.69) is 26.4 Å². The number of aliphatic imine (C=N–C) groups is 1. The van der Waals surface area contributed by atoms with Crippen LogP contribution in [0.25, 0.3) is 0 Å². The normalized spacial score (nSPS) is 28.2. The minimum Gasteiger partial charge on any atom is -0.352 e. The molecule has 6 heteroatoms. The second-order valence-electron chi connectivity index (χ2n) is 5.03. The van der Waals surface area contributed by atoms with Gasteiger partial charge >= 0.3 is 0 Å². The van der Waals surface area contributed by atoms with Gasteiger partial charge in [-0.3, -0.25) is 4.98 Å². The fraction of sp³-hybridized carbons (Fsp3) is 0.357. The maximum absolute atomic E-state index is 6.45. The first-order valence-corrected chi connectivity index (χ1v) is 7.96. The van der Waals surface area contributed by atoms with Crippen LogP contribution in [-0.2, 0) is 0 Å². The minimum atomic E-state index is 0.186. The number of nitrogens with one attached hydrogen (secondary N) is 1. The summed E-state index contributed by atoms with van der Waals surface area (Å²) in [4.78, 5) is 14.3. The maximum Gasteiger partial charge on any atom is 0.156 e. The fourth-order valence-corrected chi connectivity index (χ4v) is 4.76. The zero-order valence-electron chi connectivity index (χ0n) is 10.7. The first-order valence-electron chi connectivity index (χ1n) is 6.71. The maximum atomic E-state index is 6.45. The molecule has 0 radical (unpaired) electrons. The lowest BCUT2D eigenvalue weighted by Gasteiger charge is -2.24. The molecule has 20 heavy (non-hydrogen) atoms. The summed E-state index contributed by atoms with van der Waals surface area (Å²) in [7, 11) is 0. The van der Waals surface area contributed by atoms with Gasteiger partial charge in [0, 0.05) is 23.9 Å². The average Bonchev–Trinajstić information content (AvgIpc) is 2.87. The lowest BCUT2D eigenvalue weighted by molar-refractivity contribution is 0.586. The van der Waals surface area contributed by atoms with Gasteiger partial charge in [-0.05, 0) is 24.2 Å². The molecule has 0 saturated carbocycles. The Bertz CT molecular complexity index is 638. The van der Waals surface area contributed by atoms with Crippen molar-refractivity contribution >= 4 is 29.2 Å². The number of thioether (sulfide) groups is 1. The van der Waals surface area contributed by atoms with Crippen LogP contribution in [0, 0.1) is 5.92 Å². The van der Waals surface area contributed by atoms with Crippen molar-refractivity contribution in [3.05, 3.63) is 46.0 Å². The Labute approximate surface area is 126 Å². The fourth-order valence-electron chi connectivity index (χ4n) is 2.90. The highest BCUT2D eigenvalue weighted by atomic mass is 35.5. The molecule has 0 bridgehead atoms. The molecule has 2 unspecified atom stereocenters. The van der Waals surface area contributed by atoms with Crippen LogP contribution < -0.4 is 5.32 Å². The van der Waals surface area contributed by atoms with Crippen LogP contribution in [0.4, 0.5) is 0 Å². The van der Waals surface area contributed by atoms with Crippen LogP contribution in [0.2, 0.25) is 0 Å². The Morgan fingerprint density at radius 2 is 2.30 bits per heavy atom. The molecule has 4 rings (SSSR count). The second kappa shape index (κ2) is 4.90. The smallest absolute Gasteiger partial charge is 0.156 e. The summed E-state index contributed by atoms with van der Waals surface area (Å²) in [6.07, 6.45) is 10.9. The predicted octanol–water partition coefficient (Wildman–Crippen LogP) is 3.03. The number of allylic oxidation sites excluding steroid dienone is 2. The van der Waals surface area contributed by atoms with Gasteiger partial charge in [-0.25, -0.2) is 9.98 Å². The van der Waals surface area contributed by atoms with Gasteiger partial charge in [0.15, 0.2) is 5.84 Å². The Hall–Kier alpha value is -1.33. The van der Waals surface area contributed by atoms with Gasteiger partial charge in [0.1, 0.15) is 16.2 Å². The molecule has 1 N–H and O–H groups in total. The third-order valence-corrected chi connectivity index (χ3v) is 5.45. The Morgan fingerprint density at radius 3 is 3.15 bits per heavy atom. The van der Waals surface area contributed by atoms with Gasteiger partial charge in [0.2, 0.25) is 0 Å². The van der Waals surface area contributed by atoms with E-state index in [-0.39, 0.29) is 5.37 Å². The van der Waals surface area contributed by atoms with E-state index in [0.29, 0.717) is 16.9 Å². The van der Waals surface area contributed by atoms with Crippen molar-refractivity contribution in [1.29, 1.82) is 0 Å². The molecule has 4 nitrogen and oxygen atoms in total. The first kappa shape index (κ1) is 12.4. The van der Waals surface area contributed by atoms with Crippen LogP contribution >= 0.6 is 23.4 Å². The van der Waals surface area contributed by atoms with E-state index in [1.54, 1.807) is 18.6 Å². The molecule has 102 valence electrons. The highest BCUT2D eigenvalue weighted by Crippen LogP contribution is 2.51. The summed E-state index contributed by atoms with van der Waals surface area (Å²) < 4.78 is 0. The molecular formula is C14H13ClN4S. The molecular weight excluding hydrogens is 292 g/mol. The van der Waals surface area contributed by atoms with Crippen molar-refractivity contribution in [2.45, 2.75) is 24.6 Å². The summed E-state index contributed by atoms with van der Waals surface area (Å²) in [6, 6.07) is 0. The van der Waals surface area contributed by atoms with Crippen LogP contribution in [0.5, 0.6) is 0 Å². The third kappa shape index (κ3) is 1.96. The van der Waals surface area contributed by atoms with E-state index in [1.165, 1.54) is 29.7 Å². The highest BCUT2D eigenvalue weighted by Gasteiger charge is 2.40. The zero-order valence-corrected chi connectivity index (χ0v) is 12.3. The number of hydrogen-bond donors (Lipinski definition) is 1. The third-order valence-electron chi connectivity index (χ3n) is 3.82. The van der Waals surface area contributed by atoms with E-state index in [1.807, 2.05) is 11.8 Å². The SMILES string of the molecule is ClC1=C2C(NC(c3cnccn3)=N1)SC1=CCCCC12. The van der Waals surface area contributed by atoms with E-state index in [4.69, 9.17) is 11.6 Å².